The molecule has 0 aliphatic heterocycles. The van der Waals surface area contributed by atoms with Crippen molar-refractivity contribution in [3.05, 3.63) is 44.3 Å². The molecule has 0 bridgehead atoms. The van der Waals surface area contributed by atoms with Crippen LogP contribution in [-0.2, 0) is 0 Å². The molecule has 0 spiro atoms. The minimum Gasteiger partial charge on any atom is -0.505 e. The average molecular weight is 244 g/mol. The van der Waals surface area contributed by atoms with Gasteiger partial charge in [-0.3, -0.25) is 0 Å². The number of azide groups is 1. The van der Waals surface area contributed by atoms with E-state index in [4.69, 9.17) is 28.7 Å². The van der Waals surface area contributed by atoms with E-state index in [-0.39, 0.29) is 22.3 Å². The highest BCUT2D eigenvalue weighted by molar-refractivity contribution is 6.37. The first-order chi connectivity index (χ1) is 7.15. The van der Waals surface area contributed by atoms with Crippen molar-refractivity contribution in [2.75, 3.05) is 6.54 Å². The summed E-state index contributed by atoms with van der Waals surface area (Å²) in [6.07, 6.45) is 3.37. The van der Waals surface area contributed by atoms with Crippen molar-refractivity contribution in [1.82, 2.24) is 0 Å². The third kappa shape index (κ3) is 3.36. The second-order valence-electron chi connectivity index (χ2n) is 2.65. The number of nitrogens with zero attached hydrogens (tertiary/aromatic N) is 3. The summed E-state index contributed by atoms with van der Waals surface area (Å²) in [7, 11) is 0. The quantitative estimate of drug-likeness (QED) is 0.486. The predicted molar refractivity (Wildman–Crippen MR) is 61.2 cm³/mol. The molecule has 4 nitrogen and oxygen atoms in total. The van der Waals surface area contributed by atoms with Crippen LogP contribution in [0.1, 0.15) is 5.56 Å². The third-order valence-electron chi connectivity index (χ3n) is 1.60. The molecule has 0 saturated carbocycles. The Labute approximate surface area is 96.4 Å². The molecule has 1 N–H and O–H groups in total. The van der Waals surface area contributed by atoms with Crippen LogP contribution < -0.4 is 0 Å². The predicted octanol–water partition coefficient (Wildman–Crippen LogP) is 4.02. The molecule has 0 fully saturated rings. The van der Waals surface area contributed by atoms with E-state index in [9.17, 15) is 5.11 Å². The Morgan fingerprint density at radius 2 is 2.00 bits per heavy atom. The molecule has 0 aromatic heterocycles. The summed E-state index contributed by atoms with van der Waals surface area (Å²) in [6.45, 7) is 0.257. The lowest BCUT2D eigenvalue weighted by atomic mass is 10.2. The number of phenols is 1. The van der Waals surface area contributed by atoms with Crippen LogP contribution in [0.3, 0.4) is 0 Å². The van der Waals surface area contributed by atoms with Gasteiger partial charge in [0.1, 0.15) is 0 Å². The monoisotopic (exact) mass is 243 g/mol. The molecule has 0 unspecified atom stereocenters. The molecule has 0 aliphatic rings. The van der Waals surface area contributed by atoms with Crippen LogP contribution in [0.15, 0.2) is 23.3 Å². The molecule has 6 heteroatoms. The van der Waals surface area contributed by atoms with Gasteiger partial charge in [-0.25, -0.2) is 0 Å². The van der Waals surface area contributed by atoms with E-state index in [1.807, 2.05) is 0 Å². The Hall–Kier alpha value is -1.35. The molecule has 1 aromatic rings. The Kier molecular flexibility index (Phi) is 4.31. The van der Waals surface area contributed by atoms with Crippen molar-refractivity contribution in [2.24, 2.45) is 5.11 Å². The van der Waals surface area contributed by atoms with Crippen molar-refractivity contribution in [1.29, 1.82) is 0 Å². The second-order valence-corrected chi connectivity index (χ2v) is 3.46. The lowest BCUT2D eigenvalue weighted by molar-refractivity contribution is 0.476. The molecule has 15 heavy (non-hydrogen) atoms. The van der Waals surface area contributed by atoms with Crippen molar-refractivity contribution in [3.63, 3.8) is 0 Å². The van der Waals surface area contributed by atoms with Gasteiger partial charge in [-0.2, -0.15) is 0 Å². The highest BCUT2D eigenvalue weighted by Gasteiger charge is 2.04. The zero-order valence-electron chi connectivity index (χ0n) is 7.56. The zero-order valence-corrected chi connectivity index (χ0v) is 9.07. The minimum absolute atomic E-state index is 0.134. The highest BCUT2D eigenvalue weighted by Crippen LogP contribution is 2.32. The first-order valence-electron chi connectivity index (χ1n) is 4.00. The van der Waals surface area contributed by atoms with Crippen LogP contribution in [0.4, 0.5) is 0 Å². The standard InChI is InChI=1S/C9H7Cl2N3O/c10-7-4-6(2-1-3-13-14-12)5-8(11)9(7)15/h1-2,4-5,15H,3H2. The van der Waals surface area contributed by atoms with Crippen LogP contribution in [0.25, 0.3) is 16.5 Å². The fraction of sp³-hybridized carbons (Fsp3) is 0.111. The van der Waals surface area contributed by atoms with Gasteiger partial charge in [0, 0.05) is 11.5 Å². The Morgan fingerprint density at radius 3 is 2.53 bits per heavy atom. The van der Waals surface area contributed by atoms with Crippen molar-refractivity contribution in [3.8, 4) is 5.75 Å². The highest BCUT2D eigenvalue weighted by atomic mass is 35.5. The first-order valence-corrected chi connectivity index (χ1v) is 4.76. The van der Waals surface area contributed by atoms with Crippen molar-refractivity contribution in [2.45, 2.75) is 0 Å². The summed E-state index contributed by atoms with van der Waals surface area (Å²) in [6, 6.07) is 3.13. The SMILES string of the molecule is [N-]=[N+]=NCC=Cc1cc(Cl)c(O)c(Cl)c1. The van der Waals surface area contributed by atoms with E-state index in [1.54, 1.807) is 24.3 Å². The van der Waals surface area contributed by atoms with E-state index in [0.29, 0.717) is 0 Å². The second kappa shape index (κ2) is 5.51. The van der Waals surface area contributed by atoms with Crippen LogP contribution in [0, 0.1) is 0 Å². The lowest BCUT2D eigenvalue weighted by Gasteiger charge is -2.01. The first kappa shape index (κ1) is 11.7. The van der Waals surface area contributed by atoms with Gasteiger partial charge in [-0.1, -0.05) is 40.5 Å². The normalized spacial score (nSPS) is 10.3. The van der Waals surface area contributed by atoms with Gasteiger partial charge >= 0.3 is 0 Å². The molecule has 78 valence electrons. The van der Waals surface area contributed by atoms with Gasteiger partial charge in [0.2, 0.25) is 0 Å². The molecule has 0 heterocycles. The van der Waals surface area contributed by atoms with E-state index in [0.717, 1.165) is 5.56 Å². The summed E-state index contributed by atoms with van der Waals surface area (Å²) < 4.78 is 0. The van der Waals surface area contributed by atoms with E-state index in [2.05, 4.69) is 10.0 Å². The Bertz CT molecular complexity index is 416. The van der Waals surface area contributed by atoms with Crippen LogP contribution in [-0.4, -0.2) is 11.7 Å². The molecular formula is C9H7Cl2N3O. The summed E-state index contributed by atoms with van der Waals surface area (Å²) in [4.78, 5) is 2.60. The third-order valence-corrected chi connectivity index (χ3v) is 2.18. The Balaban J connectivity index is 2.87. The molecule has 0 radical (unpaired) electrons. The number of phenolic OH excluding ortho intramolecular Hbond substituents is 1. The zero-order chi connectivity index (χ0) is 11.3. The van der Waals surface area contributed by atoms with Gasteiger partial charge in [-0.05, 0) is 23.2 Å². The number of benzene rings is 1. The summed E-state index contributed by atoms with van der Waals surface area (Å²) >= 11 is 11.4. The van der Waals surface area contributed by atoms with Gasteiger partial charge in [0.05, 0.1) is 10.0 Å². The van der Waals surface area contributed by atoms with Gasteiger partial charge in [0.25, 0.3) is 0 Å². The summed E-state index contributed by atoms with van der Waals surface area (Å²) in [5.41, 5.74) is 8.77. The average Bonchev–Trinajstić information content (AvgIpc) is 2.21. The van der Waals surface area contributed by atoms with Gasteiger partial charge < -0.3 is 5.11 Å². The van der Waals surface area contributed by atoms with E-state index < -0.39 is 0 Å². The summed E-state index contributed by atoms with van der Waals surface area (Å²) in [5, 5.41) is 13.0. The molecule has 0 amide bonds. The number of aromatic hydroxyl groups is 1. The molecule has 0 aliphatic carbocycles. The largest absolute Gasteiger partial charge is 0.505 e. The number of hydrogen-bond donors (Lipinski definition) is 1. The smallest absolute Gasteiger partial charge is 0.152 e. The number of rotatable bonds is 3. The number of halogens is 2. The van der Waals surface area contributed by atoms with Crippen LogP contribution in [0.2, 0.25) is 10.0 Å². The summed E-state index contributed by atoms with van der Waals surface area (Å²) in [5.74, 6) is -0.134. The van der Waals surface area contributed by atoms with Crippen molar-refractivity contribution < 1.29 is 5.11 Å². The molecule has 1 aromatic carbocycles. The maximum Gasteiger partial charge on any atom is 0.152 e. The van der Waals surface area contributed by atoms with E-state index >= 15 is 0 Å². The fourth-order valence-corrected chi connectivity index (χ4v) is 1.46. The number of hydrogen-bond acceptors (Lipinski definition) is 2. The van der Waals surface area contributed by atoms with Crippen LogP contribution >= 0.6 is 23.2 Å². The van der Waals surface area contributed by atoms with E-state index in [1.165, 1.54) is 0 Å². The topological polar surface area (TPSA) is 69.0 Å². The van der Waals surface area contributed by atoms with Gasteiger partial charge in [-0.15, -0.1) is 0 Å². The van der Waals surface area contributed by atoms with Gasteiger partial charge in [0.15, 0.2) is 5.75 Å². The maximum absolute atomic E-state index is 9.29. The molecular weight excluding hydrogens is 237 g/mol. The van der Waals surface area contributed by atoms with Crippen molar-refractivity contribution >= 4 is 29.3 Å². The maximum atomic E-state index is 9.29. The molecule has 0 atom stereocenters. The molecule has 1 rings (SSSR count). The fourth-order valence-electron chi connectivity index (χ4n) is 0.954. The minimum atomic E-state index is -0.134. The van der Waals surface area contributed by atoms with Crippen LogP contribution in [0.5, 0.6) is 5.75 Å². The molecule has 0 saturated heterocycles. The lowest BCUT2D eigenvalue weighted by Crippen LogP contribution is -1.77. The Morgan fingerprint density at radius 1 is 1.40 bits per heavy atom.